The Hall–Kier alpha value is -1.71. The lowest BCUT2D eigenvalue weighted by atomic mass is 9.66. The van der Waals surface area contributed by atoms with Crippen molar-refractivity contribution in [2.24, 2.45) is 5.92 Å². The molecule has 3 atom stereocenters. The molecule has 24 heavy (non-hydrogen) atoms. The van der Waals surface area contributed by atoms with Gasteiger partial charge >= 0.3 is 0 Å². The number of hydrogen-bond acceptors (Lipinski definition) is 3. The van der Waals surface area contributed by atoms with Crippen molar-refractivity contribution in [1.82, 2.24) is 9.88 Å². The minimum atomic E-state index is -0.666. The number of aromatic nitrogens is 1. The molecule has 0 radical (unpaired) electrons. The van der Waals surface area contributed by atoms with Gasteiger partial charge in [-0.2, -0.15) is 0 Å². The van der Waals surface area contributed by atoms with Crippen LogP contribution in [0.25, 0.3) is 0 Å². The van der Waals surface area contributed by atoms with Gasteiger partial charge in [-0.1, -0.05) is 43.2 Å². The van der Waals surface area contributed by atoms with E-state index in [1.165, 1.54) is 24.8 Å². The van der Waals surface area contributed by atoms with Crippen LogP contribution < -0.4 is 0 Å². The van der Waals surface area contributed by atoms with Crippen LogP contribution in [0.5, 0.6) is 0 Å². The molecule has 4 rings (SSSR count). The molecule has 1 N–H and O–H groups in total. The van der Waals surface area contributed by atoms with E-state index in [9.17, 15) is 5.11 Å². The quantitative estimate of drug-likeness (QED) is 0.935. The molecule has 0 bridgehead atoms. The third-order valence-corrected chi connectivity index (χ3v) is 6.00. The number of rotatable bonds is 3. The maximum Gasteiger partial charge on any atom is 0.0951 e. The number of benzene rings is 1. The SMILES string of the molecule is O[C@@]1(c2ccccc2)CCN(Cc2ccncc2)[C@H]2CCCC[C@@H]21. The van der Waals surface area contributed by atoms with Crippen LogP contribution >= 0.6 is 0 Å². The average Bonchev–Trinajstić information content (AvgIpc) is 2.66. The molecule has 1 aliphatic heterocycles. The third-order valence-electron chi connectivity index (χ3n) is 6.00. The van der Waals surface area contributed by atoms with E-state index in [1.807, 2.05) is 18.5 Å². The van der Waals surface area contributed by atoms with Crippen LogP contribution in [-0.2, 0) is 12.1 Å². The fraction of sp³-hybridized carbons (Fsp3) is 0.476. The second-order valence-electron chi connectivity index (χ2n) is 7.32. The predicted molar refractivity (Wildman–Crippen MR) is 95.3 cm³/mol. The summed E-state index contributed by atoms with van der Waals surface area (Å²) in [7, 11) is 0. The van der Waals surface area contributed by atoms with Crippen LogP contribution in [0.1, 0.15) is 43.2 Å². The van der Waals surface area contributed by atoms with Crippen molar-refractivity contribution in [2.75, 3.05) is 6.54 Å². The van der Waals surface area contributed by atoms with Gasteiger partial charge in [-0.25, -0.2) is 0 Å². The lowest BCUT2D eigenvalue weighted by Crippen LogP contribution is -2.57. The van der Waals surface area contributed by atoms with Gasteiger partial charge in [-0.3, -0.25) is 9.88 Å². The lowest BCUT2D eigenvalue weighted by Gasteiger charge is -2.52. The fourth-order valence-electron chi connectivity index (χ4n) is 4.77. The minimum Gasteiger partial charge on any atom is -0.385 e. The highest BCUT2D eigenvalue weighted by atomic mass is 16.3. The number of likely N-dealkylation sites (tertiary alicyclic amines) is 1. The van der Waals surface area contributed by atoms with E-state index in [-0.39, 0.29) is 0 Å². The molecule has 1 aromatic carbocycles. The van der Waals surface area contributed by atoms with E-state index in [0.29, 0.717) is 12.0 Å². The Bertz CT molecular complexity index is 660. The van der Waals surface area contributed by atoms with Crippen molar-refractivity contribution >= 4 is 0 Å². The molecular formula is C21H26N2O. The highest BCUT2D eigenvalue weighted by Crippen LogP contribution is 2.47. The van der Waals surface area contributed by atoms with Crippen molar-refractivity contribution in [3.8, 4) is 0 Å². The normalized spacial score (nSPS) is 30.7. The van der Waals surface area contributed by atoms with E-state index >= 15 is 0 Å². The van der Waals surface area contributed by atoms with Crippen LogP contribution in [-0.4, -0.2) is 27.6 Å². The van der Waals surface area contributed by atoms with Gasteiger partial charge in [0.25, 0.3) is 0 Å². The Morgan fingerprint density at radius 1 is 1.04 bits per heavy atom. The summed E-state index contributed by atoms with van der Waals surface area (Å²) >= 11 is 0. The zero-order chi connectivity index (χ0) is 16.4. The first-order valence-corrected chi connectivity index (χ1v) is 9.18. The Morgan fingerprint density at radius 3 is 2.58 bits per heavy atom. The smallest absolute Gasteiger partial charge is 0.0951 e. The molecule has 3 nitrogen and oxygen atoms in total. The second-order valence-corrected chi connectivity index (χ2v) is 7.32. The lowest BCUT2D eigenvalue weighted by molar-refractivity contribution is -0.123. The summed E-state index contributed by atoms with van der Waals surface area (Å²) in [6, 6.07) is 15.0. The van der Waals surface area contributed by atoms with Gasteiger partial charge in [0.2, 0.25) is 0 Å². The van der Waals surface area contributed by atoms with Crippen LogP contribution in [0.4, 0.5) is 0 Å². The molecule has 2 aromatic rings. The van der Waals surface area contributed by atoms with Gasteiger partial charge < -0.3 is 5.11 Å². The van der Waals surface area contributed by atoms with Gasteiger partial charge in [0.15, 0.2) is 0 Å². The molecular weight excluding hydrogens is 296 g/mol. The number of hydrogen-bond donors (Lipinski definition) is 1. The summed E-state index contributed by atoms with van der Waals surface area (Å²) in [5, 5.41) is 11.6. The van der Waals surface area contributed by atoms with E-state index in [4.69, 9.17) is 0 Å². The van der Waals surface area contributed by atoms with E-state index in [0.717, 1.165) is 31.5 Å². The Kier molecular flexibility index (Phi) is 4.38. The number of aliphatic hydroxyl groups is 1. The Labute approximate surface area is 144 Å². The molecule has 126 valence electrons. The molecule has 2 heterocycles. The highest BCUT2D eigenvalue weighted by molar-refractivity contribution is 5.25. The summed E-state index contributed by atoms with van der Waals surface area (Å²) in [4.78, 5) is 6.72. The highest BCUT2D eigenvalue weighted by Gasteiger charge is 2.48. The summed E-state index contributed by atoms with van der Waals surface area (Å²) in [6.07, 6.45) is 9.41. The maximum atomic E-state index is 11.6. The molecule has 1 aromatic heterocycles. The molecule has 3 heteroatoms. The molecule has 0 spiro atoms. The topological polar surface area (TPSA) is 36.4 Å². The number of nitrogens with zero attached hydrogens (tertiary/aromatic N) is 2. The maximum absolute atomic E-state index is 11.6. The number of piperidine rings is 1. The van der Waals surface area contributed by atoms with Crippen LogP contribution in [0.15, 0.2) is 54.9 Å². The minimum absolute atomic E-state index is 0.337. The first-order chi connectivity index (χ1) is 11.8. The Morgan fingerprint density at radius 2 is 1.79 bits per heavy atom. The van der Waals surface area contributed by atoms with Gasteiger partial charge in [0.1, 0.15) is 0 Å². The zero-order valence-corrected chi connectivity index (χ0v) is 14.1. The van der Waals surface area contributed by atoms with Gasteiger partial charge in [0.05, 0.1) is 5.60 Å². The first-order valence-electron chi connectivity index (χ1n) is 9.18. The van der Waals surface area contributed by atoms with Crippen LogP contribution in [0.2, 0.25) is 0 Å². The summed E-state index contributed by atoms with van der Waals surface area (Å²) in [6.45, 7) is 1.92. The molecule has 2 aliphatic rings. The summed E-state index contributed by atoms with van der Waals surface area (Å²) in [5.41, 5.74) is 1.76. The zero-order valence-electron chi connectivity index (χ0n) is 14.1. The van der Waals surface area contributed by atoms with Crippen molar-refractivity contribution in [3.05, 3.63) is 66.0 Å². The van der Waals surface area contributed by atoms with Crippen molar-refractivity contribution in [1.29, 1.82) is 0 Å². The van der Waals surface area contributed by atoms with Gasteiger partial charge in [0, 0.05) is 37.4 Å². The largest absolute Gasteiger partial charge is 0.385 e. The molecule has 1 aliphatic carbocycles. The van der Waals surface area contributed by atoms with Crippen molar-refractivity contribution < 1.29 is 5.11 Å². The van der Waals surface area contributed by atoms with Crippen molar-refractivity contribution in [2.45, 2.75) is 50.3 Å². The Balaban J connectivity index is 1.60. The number of pyridine rings is 1. The average molecular weight is 322 g/mol. The van der Waals surface area contributed by atoms with Gasteiger partial charge in [-0.15, -0.1) is 0 Å². The molecule has 0 unspecified atom stereocenters. The van der Waals surface area contributed by atoms with Crippen LogP contribution in [0.3, 0.4) is 0 Å². The van der Waals surface area contributed by atoms with E-state index < -0.39 is 5.60 Å². The summed E-state index contributed by atoms with van der Waals surface area (Å²) in [5.74, 6) is 0.337. The molecule has 2 fully saturated rings. The van der Waals surface area contributed by atoms with E-state index in [1.54, 1.807) is 0 Å². The van der Waals surface area contributed by atoms with E-state index in [2.05, 4.69) is 46.3 Å². The summed E-state index contributed by atoms with van der Waals surface area (Å²) < 4.78 is 0. The fourth-order valence-corrected chi connectivity index (χ4v) is 4.77. The second kappa shape index (κ2) is 6.66. The standard InChI is InChI=1S/C21H26N2O/c24-21(18-6-2-1-3-7-18)12-15-23(16-17-10-13-22-14-11-17)20-9-5-4-8-19(20)21/h1-3,6-7,10-11,13-14,19-20,24H,4-5,8-9,12,15-16H2/t19-,20-,21+/m0/s1. The molecule has 0 amide bonds. The van der Waals surface area contributed by atoms with Gasteiger partial charge in [-0.05, 0) is 42.5 Å². The first kappa shape index (κ1) is 15.8. The molecule has 1 saturated heterocycles. The number of fused-ring (bicyclic) bond motifs is 1. The van der Waals surface area contributed by atoms with Crippen molar-refractivity contribution in [3.63, 3.8) is 0 Å². The third kappa shape index (κ3) is 2.87. The molecule has 1 saturated carbocycles. The van der Waals surface area contributed by atoms with Crippen LogP contribution in [0, 0.1) is 5.92 Å². The predicted octanol–water partition coefficient (Wildman–Crippen LogP) is 3.73. The monoisotopic (exact) mass is 322 g/mol.